The molecule has 0 aliphatic heterocycles. The van der Waals surface area contributed by atoms with Crippen molar-refractivity contribution < 1.29 is 4.79 Å². The molecule has 20 heavy (non-hydrogen) atoms. The number of carbonyl (C=O) groups excluding carboxylic acids is 1. The summed E-state index contributed by atoms with van der Waals surface area (Å²) < 4.78 is 0. The number of unbranched alkanes of at least 4 members (excludes halogenated alkanes) is 6. The van der Waals surface area contributed by atoms with E-state index in [4.69, 9.17) is 0 Å². The third kappa shape index (κ3) is 12.5. The monoisotopic (exact) mass is 284 g/mol. The van der Waals surface area contributed by atoms with Gasteiger partial charge < -0.3 is 10.2 Å². The second kappa shape index (κ2) is 14.8. The zero-order valence-corrected chi connectivity index (χ0v) is 14.0. The van der Waals surface area contributed by atoms with E-state index in [1.165, 1.54) is 38.5 Å². The van der Waals surface area contributed by atoms with Crippen LogP contribution < -0.4 is 5.32 Å². The number of nitrogens with zero attached hydrogens (tertiary/aromatic N) is 1. The van der Waals surface area contributed by atoms with Gasteiger partial charge in [0.05, 0.1) is 0 Å². The predicted octanol–water partition coefficient (Wildman–Crippen LogP) is 3.98. The van der Waals surface area contributed by atoms with Crippen LogP contribution >= 0.6 is 0 Å². The van der Waals surface area contributed by atoms with E-state index in [0.29, 0.717) is 6.42 Å². The van der Waals surface area contributed by atoms with E-state index in [0.717, 1.165) is 39.0 Å². The van der Waals surface area contributed by atoms with Gasteiger partial charge in [0.15, 0.2) is 0 Å². The van der Waals surface area contributed by atoms with Crippen LogP contribution in [-0.2, 0) is 4.79 Å². The second-order valence-electron chi connectivity index (χ2n) is 5.60. The molecule has 0 spiro atoms. The van der Waals surface area contributed by atoms with Crippen LogP contribution in [0.1, 0.15) is 78.6 Å². The Morgan fingerprint density at radius 1 is 0.850 bits per heavy atom. The molecule has 0 aromatic heterocycles. The highest BCUT2D eigenvalue weighted by atomic mass is 16.1. The van der Waals surface area contributed by atoms with Gasteiger partial charge in [0.25, 0.3) is 0 Å². The van der Waals surface area contributed by atoms with Crippen molar-refractivity contribution in [3.8, 4) is 0 Å². The van der Waals surface area contributed by atoms with Crippen LogP contribution in [0.2, 0.25) is 0 Å². The topological polar surface area (TPSA) is 32.3 Å². The summed E-state index contributed by atoms with van der Waals surface area (Å²) >= 11 is 0. The molecule has 3 heteroatoms. The molecule has 0 aliphatic rings. The van der Waals surface area contributed by atoms with Crippen molar-refractivity contribution >= 4 is 5.91 Å². The molecule has 0 fully saturated rings. The molecule has 0 unspecified atom stereocenters. The molecule has 0 saturated carbocycles. The van der Waals surface area contributed by atoms with Crippen molar-refractivity contribution in [2.75, 3.05) is 26.2 Å². The highest BCUT2D eigenvalue weighted by molar-refractivity contribution is 5.75. The van der Waals surface area contributed by atoms with Gasteiger partial charge in [-0.15, -0.1) is 0 Å². The molecule has 0 heterocycles. The van der Waals surface area contributed by atoms with Crippen molar-refractivity contribution in [2.24, 2.45) is 0 Å². The summed E-state index contributed by atoms with van der Waals surface area (Å²) in [5.41, 5.74) is 0. The maximum Gasteiger partial charge on any atom is 0.219 e. The number of hydrogen-bond donors (Lipinski definition) is 1. The fourth-order valence-corrected chi connectivity index (χ4v) is 2.38. The van der Waals surface area contributed by atoms with Gasteiger partial charge in [-0.2, -0.15) is 0 Å². The third-order valence-electron chi connectivity index (χ3n) is 3.88. The first kappa shape index (κ1) is 19.4. The molecule has 1 N–H and O–H groups in total. The maximum absolute atomic E-state index is 11.6. The molecule has 0 radical (unpaired) electrons. The van der Waals surface area contributed by atoms with Gasteiger partial charge in [0.1, 0.15) is 0 Å². The van der Waals surface area contributed by atoms with Crippen LogP contribution in [0.15, 0.2) is 0 Å². The van der Waals surface area contributed by atoms with Crippen molar-refractivity contribution in [2.45, 2.75) is 78.6 Å². The summed E-state index contributed by atoms with van der Waals surface area (Å²) in [5.74, 6) is 0.239. The molecular formula is C17H36N2O. The molecule has 0 rings (SSSR count). The Balaban J connectivity index is 3.28. The van der Waals surface area contributed by atoms with Crippen LogP contribution in [0, 0.1) is 0 Å². The molecule has 1 amide bonds. The molecule has 120 valence electrons. The van der Waals surface area contributed by atoms with E-state index in [2.05, 4.69) is 31.0 Å². The van der Waals surface area contributed by atoms with Gasteiger partial charge >= 0.3 is 0 Å². The fraction of sp³-hybridized carbons (Fsp3) is 0.941. The Morgan fingerprint density at radius 2 is 1.50 bits per heavy atom. The summed E-state index contributed by atoms with van der Waals surface area (Å²) in [5, 5.41) is 3.04. The molecular weight excluding hydrogens is 248 g/mol. The van der Waals surface area contributed by atoms with E-state index in [9.17, 15) is 4.79 Å². The Bertz CT molecular complexity index is 215. The summed E-state index contributed by atoms with van der Waals surface area (Å²) in [6.07, 6.45) is 10.5. The minimum Gasteiger partial charge on any atom is -0.356 e. The largest absolute Gasteiger partial charge is 0.356 e. The first-order chi connectivity index (χ1) is 9.74. The minimum absolute atomic E-state index is 0.239. The Labute approximate surface area is 126 Å². The van der Waals surface area contributed by atoms with Gasteiger partial charge in [0.2, 0.25) is 5.91 Å². The first-order valence-corrected chi connectivity index (χ1v) is 8.73. The van der Waals surface area contributed by atoms with Crippen LogP contribution in [0.3, 0.4) is 0 Å². The molecule has 0 atom stereocenters. The van der Waals surface area contributed by atoms with Crippen LogP contribution in [0.25, 0.3) is 0 Å². The lowest BCUT2D eigenvalue weighted by Gasteiger charge is -2.17. The normalized spacial score (nSPS) is 11.0. The minimum atomic E-state index is 0.239. The summed E-state index contributed by atoms with van der Waals surface area (Å²) in [6, 6.07) is 0. The fourth-order valence-electron chi connectivity index (χ4n) is 2.38. The molecule has 0 bridgehead atoms. The first-order valence-electron chi connectivity index (χ1n) is 8.73. The van der Waals surface area contributed by atoms with Gasteiger partial charge in [0, 0.05) is 13.0 Å². The van der Waals surface area contributed by atoms with E-state index in [-0.39, 0.29) is 5.91 Å². The number of carbonyl (C=O) groups is 1. The van der Waals surface area contributed by atoms with Crippen molar-refractivity contribution in [1.82, 2.24) is 10.2 Å². The number of rotatable bonds is 14. The third-order valence-corrected chi connectivity index (χ3v) is 3.88. The SMILES string of the molecule is CCCCCCCCC(=O)NCCCCN(CC)CC. The number of amides is 1. The van der Waals surface area contributed by atoms with Crippen molar-refractivity contribution in [1.29, 1.82) is 0 Å². The second-order valence-corrected chi connectivity index (χ2v) is 5.60. The summed E-state index contributed by atoms with van der Waals surface area (Å²) in [6.45, 7) is 10.9. The average Bonchev–Trinajstić information content (AvgIpc) is 2.46. The van der Waals surface area contributed by atoms with Crippen molar-refractivity contribution in [3.05, 3.63) is 0 Å². The number of nitrogens with one attached hydrogen (secondary N) is 1. The van der Waals surface area contributed by atoms with Gasteiger partial charge in [-0.3, -0.25) is 4.79 Å². The van der Waals surface area contributed by atoms with Gasteiger partial charge in [-0.1, -0.05) is 52.9 Å². The maximum atomic E-state index is 11.6. The molecule has 0 aliphatic carbocycles. The van der Waals surface area contributed by atoms with Crippen LogP contribution in [-0.4, -0.2) is 37.0 Å². The zero-order chi connectivity index (χ0) is 15.1. The Hall–Kier alpha value is -0.570. The quantitative estimate of drug-likeness (QED) is 0.489. The number of hydrogen-bond acceptors (Lipinski definition) is 2. The highest BCUT2D eigenvalue weighted by Crippen LogP contribution is 2.06. The average molecular weight is 284 g/mol. The molecule has 0 aromatic carbocycles. The van der Waals surface area contributed by atoms with E-state index >= 15 is 0 Å². The lowest BCUT2D eigenvalue weighted by molar-refractivity contribution is -0.121. The Kier molecular flexibility index (Phi) is 14.4. The standard InChI is InChI=1S/C17H36N2O/c1-4-7-8-9-10-11-14-17(20)18-15-12-13-16-19(5-2)6-3/h4-16H2,1-3H3,(H,18,20). The van der Waals surface area contributed by atoms with E-state index in [1.54, 1.807) is 0 Å². The molecule has 3 nitrogen and oxygen atoms in total. The lowest BCUT2D eigenvalue weighted by Crippen LogP contribution is -2.27. The molecule has 0 aromatic rings. The van der Waals surface area contributed by atoms with Crippen LogP contribution in [0.4, 0.5) is 0 Å². The Morgan fingerprint density at radius 3 is 2.15 bits per heavy atom. The predicted molar refractivity (Wildman–Crippen MR) is 88.0 cm³/mol. The summed E-state index contributed by atoms with van der Waals surface area (Å²) in [4.78, 5) is 14.0. The highest BCUT2D eigenvalue weighted by Gasteiger charge is 2.01. The van der Waals surface area contributed by atoms with E-state index < -0.39 is 0 Å². The van der Waals surface area contributed by atoms with E-state index in [1.807, 2.05) is 0 Å². The van der Waals surface area contributed by atoms with Crippen LogP contribution in [0.5, 0.6) is 0 Å². The van der Waals surface area contributed by atoms with Gasteiger partial charge in [-0.25, -0.2) is 0 Å². The molecule has 0 saturated heterocycles. The smallest absolute Gasteiger partial charge is 0.219 e. The zero-order valence-electron chi connectivity index (χ0n) is 14.0. The lowest BCUT2D eigenvalue weighted by atomic mass is 10.1. The summed E-state index contributed by atoms with van der Waals surface area (Å²) in [7, 11) is 0. The van der Waals surface area contributed by atoms with Crippen molar-refractivity contribution in [3.63, 3.8) is 0 Å². The van der Waals surface area contributed by atoms with Gasteiger partial charge in [-0.05, 0) is 38.9 Å².